The molecule has 0 atom stereocenters. The Kier molecular flexibility index (Phi) is 10.1. The summed E-state index contributed by atoms with van der Waals surface area (Å²) in [5.41, 5.74) is 11.8. The van der Waals surface area contributed by atoms with Gasteiger partial charge in [0.05, 0.1) is 5.58 Å². The Morgan fingerprint density at radius 3 is 1.93 bits per heavy atom. The van der Waals surface area contributed by atoms with Crippen LogP contribution in [0.15, 0.2) is 114 Å². The molecule has 0 N–H and O–H groups in total. The molecule has 3 heterocycles. The van der Waals surface area contributed by atoms with Crippen molar-refractivity contribution in [3.05, 3.63) is 166 Å². The van der Waals surface area contributed by atoms with Crippen molar-refractivity contribution in [3.8, 4) is 33.6 Å². The molecule has 2 aliphatic rings. The van der Waals surface area contributed by atoms with Gasteiger partial charge in [0.15, 0.2) is 0 Å². The molecule has 9 aromatic rings. The van der Waals surface area contributed by atoms with Crippen LogP contribution in [0.5, 0.6) is 0 Å². The zero-order valence-electron chi connectivity index (χ0n) is 51.9. The van der Waals surface area contributed by atoms with Crippen molar-refractivity contribution < 1.29 is 35.5 Å². The number of aryl methyl sites for hydroxylation is 2. The summed E-state index contributed by atoms with van der Waals surface area (Å²) in [6.45, 7) is 25.8. The van der Waals surface area contributed by atoms with Gasteiger partial charge in [0.1, 0.15) is 5.58 Å². The third-order valence-corrected chi connectivity index (χ3v) is 15.0. The molecule has 71 heavy (non-hydrogen) atoms. The first-order chi connectivity index (χ1) is 35.9. The topological polar surface area (TPSA) is 38.9 Å². The van der Waals surface area contributed by atoms with Gasteiger partial charge in [-0.1, -0.05) is 187 Å². The van der Waals surface area contributed by atoms with Gasteiger partial charge in [-0.2, -0.15) is 0 Å². The van der Waals surface area contributed by atoms with E-state index in [2.05, 4.69) is 148 Å². The molecule has 11 rings (SSSR count). The number of benzene rings is 6. The zero-order valence-corrected chi connectivity index (χ0v) is 46.3. The normalized spacial score (nSPS) is 18.7. The monoisotopic (exact) mass is 1120 g/mol. The molecule has 0 unspecified atom stereocenters. The van der Waals surface area contributed by atoms with Crippen molar-refractivity contribution in [2.24, 2.45) is 5.41 Å². The van der Waals surface area contributed by atoms with Gasteiger partial charge in [0.2, 0.25) is 0 Å². The summed E-state index contributed by atoms with van der Waals surface area (Å²) in [5, 5.41) is 6.36. The van der Waals surface area contributed by atoms with Crippen molar-refractivity contribution in [3.63, 3.8) is 0 Å². The molecule has 4 heteroatoms. The van der Waals surface area contributed by atoms with Gasteiger partial charge in [0, 0.05) is 48.9 Å². The van der Waals surface area contributed by atoms with Crippen LogP contribution in [0.2, 0.25) is 0 Å². The summed E-state index contributed by atoms with van der Waals surface area (Å²) < 4.78 is 73.9. The molecule has 0 bridgehead atoms. The van der Waals surface area contributed by atoms with Gasteiger partial charge in [0.25, 0.3) is 0 Å². The van der Waals surface area contributed by atoms with Crippen molar-refractivity contribution in [2.75, 3.05) is 0 Å². The van der Waals surface area contributed by atoms with Crippen molar-refractivity contribution in [2.45, 2.75) is 157 Å². The van der Waals surface area contributed by atoms with Gasteiger partial charge in [-0.15, -0.1) is 47.5 Å². The van der Waals surface area contributed by atoms with Crippen LogP contribution in [0.25, 0.3) is 77.1 Å². The average Bonchev–Trinajstić information content (AvgIpc) is 2.69. The molecule has 3 aromatic heterocycles. The summed E-state index contributed by atoms with van der Waals surface area (Å²) in [4.78, 5) is 9.29. The van der Waals surface area contributed by atoms with E-state index in [4.69, 9.17) is 20.4 Å². The van der Waals surface area contributed by atoms with Crippen LogP contribution >= 0.6 is 0 Å². The number of hydrogen-bond acceptors (Lipinski definition) is 3. The minimum atomic E-state index is -2.50. The Morgan fingerprint density at radius 1 is 0.634 bits per heavy atom. The van der Waals surface area contributed by atoms with E-state index in [0.717, 1.165) is 73.1 Å². The predicted octanol–water partition coefficient (Wildman–Crippen LogP) is 18.4. The van der Waals surface area contributed by atoms with Crippen LogP contribution in [0.3, 0.4) is 0 Å². The molecule has 0 amide bonds. The molecule has 6 aromatic carbocycles. The minimum absolute atomic E-state index is 0. The zero-order chi connectivity index (χ0) is 56.9. The van der Waals surface area contributed by atoms with Crippen molar-refractivity contribution in [1.82, 2.24) is 9.97 Å². The van der Waals surface area contributed by atoms with E-state index in [9.17, 15) is 0 Å². The second kappa shape index (κ2) is 17.4. The van der Waals surface area contributed by atoms with E-state index in [1.54, 1.807) is 39.0 Å². The Labute approximate surface area is 448 Å². The van der Waals surface area contributed by atoms with E-state index < -0.39 is 25.5 Å². The molecular formula is C67H72IrN2O-2. The summed E-state index contributed by atoms with van der Waals surface area (Å²) in [6, 6.07) is 38.9. The van der Waals surface area contributed by atoms with Crippen molar-refractivity contribution >= 4 is 43.5 Å². The van der Waals surface area contributed by atoms with Gasteiger partial charge in [-0.25, -0.2) is 0 Å². The Morgan fingerprint density at radius 2 is 1.30 bits per heavy atom. The van der Waals surface area contributed by atoms with Crippen LogP contribution in [0.1, 0.15) is 165 Å². The fourth-order valence-electron chi connectivity index (χ4n) is 12.4. The van der Waals surface area contributed by atoms with Crippen molar-refractivity contribution in [1.29, 1.82) is 0 Å². The third-order valence-electron chi connectivity index (χ3n) is 15.0. The van der Waals surface area contributed by atoms with E-state index in [0.29, 0.717) is 22.4 Å². The number of hydrogen-bond donors (Lipinski definition) is 0. The summed E-state index contributed by atoms with van der Waals surface area (Å²) in [6.07, 6.45) is 3.34. The van der Waals surface area contributed by atoms with E-state index in [1.165, 1.54) is 34.0 Å². The molecule has 2 aliphatic carbocycles. The number of fused-ring (bicyclic) bond motifs is 8. The molecule has 0 fully saturated rings. The fraction of sp³-hybridized carbons (Fsp3) is 0.373. The largest absolute Gasteiger partial charge is 0.501 e. The summed E-state index contributed by atoms with van der Waals surface area (Å²) in [5.74, 6) is 0. The van der Waals surface area contributed by atoms with E-state index in [1.807, 2.05) is 30.5 Å². The van der Waals surface area contributed by atoms with Crippen LogP contribution in [0.4, 0.5) is 0 Å². The van der Waals surface area contributed by atoms with E-state index >= 15 is 0 Å². The number of pyridine rings is 2. The fourth-order valence-corrected chi connectivity index (χ4v) is 12.4. The van der Waals surface area contributed by atoms with Crippen LogP contribution in [-0.2, 0) is 53.6 Å². The van der Waals surface area contributed by atoms with Crippen LogP contribution in [0, 0.1) is 31.3 Å². The SMILES string of the molecule is [2H]C([2H])([2H])c1c[c-]c(-c2ccc(C(C)(C)C)cn2)cc1-c1c2c(cc3c1C(C)(C)CC3(C)C)C(C)(C)CC2(C)C.[2H]C([2H])([2H])c1cnc(-c2[c-]ccc3c2oc2cc4c(ccc5ccccc54)cc23)cc1C([2H])([2H])C(C)(C)C.[Ir]. The van der Waals surface area contributed by atoms with Gasteiger partial charge >= 0.3 is 0 Å². The van der Waals surface area contributed by atoms with Gasteiger partial charge < -0.3 is 14.4 Å². The van der Waals surface area contributed by atoms with E-state index in [-0.39, 0.29) is 58.3 Å². The number of rotatable bonds is 4. The summed E-state index contributed by atoms with van der Waals surface area (Å²) >= 11 is 0. The van der Waals surface area contributed by atoms with Gasteiger partial charge in [-0.3, -0.25) is 0 Å². The predicted molar refractivity (Wildman–Crippen MR) is 297 cm³/mol. The molecule has 1 radical (unpaired) electrons. The standard InChI is InChI=1S/C36H46N.C31H26NO.Ir/c1-22-13-14-23(28-16-15-24(19-37-28)32(2,3)4)17-25(22)29-30-26(33(5,6)20-35(30,9)10)18-27-31(29)36(11,12)21-34(27,7)8;1-19-18-32-28(15-22(19)17-31(2,3)4)25-11-7-10-24-27-14-21-13-12-20-8-5-6-9-23(20)26(21)16-29(27)33-30(24)25;/h13,15-19H,20-21H2,1-12H3;5-10,12-16,18H,17H2,1-4H3;/q2*-1;/i1D3;1D3,17D2;. The molecule has 0 saturated carbocycles. The first-order valence-electron chi connectivity index (χ1n) is 28.9. The maximum atomic E-state index is 8.85. The molecule has 0 spiro atoms. The maximum Gasteiger partial charge on any atom is 0.121 e. The number of aromatic nitrogens is 2. The Hall–Kier alpha value is -5.41. The number of nitrogens with zero attached hydrogens (tertiary/aromatic N) is 2. The third kappa shape index (κ3) is 9.01. The van der Waals surface area contributed by atoms with Gasteiger partial charge in [-0.05, 0) is 143 Å². The molecular weight excluding hydrogens is 1040 g/mol. The summed E-state index contributed by atoms with van der Waals surface area (Å²) in [7, 11) is 0. The number of furan rings is 1. The Bertz CT molecular complexity index is 3830. The minimum Gasteiger partial charge on any atom is -0.501 e. The smallest absolute Gasteiger partial charge is 0.121 e. The first-order valence-corrected chi connectivity index (χ1v) is 24.9. The quantitative estimate of drug-likeness (QED) is 0.130. The first kappa shape index (κ1) is 41.1. The second-order valence-corrected chi connectivity index (χ2v) is 24.9. The average molecular weight is 1120 g/mol. The second-order valence-electron chi connectivity index (χ2n) is 24.9. The van der Waals surface area contributed by atoms with Crippen LogP contribution < -0.4 is 0 Å². The Balaban J connectivity index is 0.000000189. The molecule has 3 nitrogen and oxygen atoms in total. The molecule has 367 valence electrons. The molecule has 0 aliphatic heterocycles. The van der Waals surface area contributed by atoms with Crippen LogP contribution in [-0.4, -0.2) is 9.97 Å². The maximum absolute atomic E-state index is 8.85. The molecule has 0 saturated heterocycles.